The molecule has 0 aliphatic heterocycles. The van der Waals surface area contributed by atoms with Gasteiger partial charge in [-0.3, -0.25) is 4.79 Å². The summed E-state index contributed by atoms with van der Waals surface area (Å²) in [7, 11) is 3.27. The third-order valence-corrected chi connectivity index (χ3v) is 3.79. The van der Waals surface area contributed by atoms with Crippen LogP contribution in [0.3, 0.4) is 0 Å². The molecule has 0 amide bonds. The summed E-state index contributed by atoms with van der Waals surface area (Å²) >= 11 is 0. The predicted molar refractivity (Wildman–Crippen MR) is 94.2 cm³/mol. The molecule has 0 aliphatic carbocycles. The maximum atomic E-state index is 12.5. The Balaban J connectivity index is 2.10. The van der Waals surface area contributed by atoms with Gasteiger partial charge in [0.15, 0.2) is 17.3 Å². The molecule has 24 heavy (non-hydrogen) atoms. The van der Waals surface area contributed by atoms with Gasteiger partial charge in [-0.25, -0.2) is 0 Å². The summed E-state index contributed by atoms with van der Waals surface area (Å²) < 4.78 is 16.1. The van der Waals surface area contributed by atoms with Crippen LogP contribution in [0, 0.1) is 6.92 Å². The molecule has 0 saturated carbocycles. The zero-order chi connectivity index (χ0) is 17.4. The molecular weight excluding hydrogens is 304 g/mol. The van der Waals surface area contributed by atoms with Crippen molar-refractivity contribution in [2.24, 2.45) is 0 Å². The van der Waals surface area contributed by atoms with Gasteiger partial charge >= 0.3 is 0 Å². The second-order valence-corrected chi connectivity index (χ2v) is 5.59. The minimum atomic E-state index is 0.101. The Bertz CT molecular complexity index is 679. The normalized spacial score (nSPS) is 10.5. The molecule has 0 radical (unpaired) electrons. The Morgan fingerprint density at radius 3 is 2.50 bits per heavy atom. The number of aryl methyl sites for hydroxylation is 1. The van der Waals surface area contributed by atoms with Crippen molar-refractivity contribution in [3.8, 4) is 11.5 Å². The number of rotatable bonds is 9. The highest BCUT2D eigenvalue weighted by Gasteiger charge is 2.12. The lowest BCUT2D eigenvalue weighted by Crippen LogP contribution is -2.07. The second-order valence-electron chi connectivity index (χ2n) is 5.59. The number of benzene rings is 2. The summed E-state index contributed by atoms with van der Waals surface area (Å²) in [5.41, 5.74) is 2.66. The highest BCUT2D eigenvalue weighted by atomic mass is 16.5. The van der Waals surface area contributed by atoms with Crippen molar-refractivity contribution in [1.29, 1.82) is 0 Å². The average Bonchev–Trinajstić information content (AvgIpc) is 2.59. The molecule has 0 atom stereocenters. The van der Waals surface area contributed by atoms with Crippen LogP contribution in [0.5, 0.6) is 11.5 Å². The van der Waals surface area contributed by atoms with E-state index in [4.69, 9.17) is 14.2 Å². The molecule has 4 heteroatoms. The summed E-state index contributed by atoms with van der Waals surface area (Å²) in [6, 6.07) is 13.3. The molecule has 0 N–H and O–H groups in total. The number of Topliss-reactive ketones (excluding diaryl/α,β-unsaturated/α-hetero) is 1. The maximum absolute atomic E-state index is 12.5. The molecule has 128 valence electrons. The predicted octanol–water partition coefficient (Wildman–Crippen LogP) is 3.84. The van der Waals surface area contributed by atoms with Crippen molar-refractivity contribution < 1.29 is 19.0 Å². The van der Waals surface area contributed by atoms with E-state index >= 15 is 0 Å². The first-order valence-corrected chi connectivity index (χ1v) is 8.03. The zero-order valence-electron chi connectivity index (χ0n) is 14.5. The number of ketones is 1. The number of hydrogen-bond acceptors (Lipinski definition) is 4. The van der Waals surface area contributed by atoms with Crippen LogP contribution in [0.15, 0.2) is 42.5 Å². The lowest BCUT2D eigenvalue weighted by molar-refractivity contribution is 0.0992. The third kappa shape index (κ3) is 4.83. The minimum absolute atomic E-state index is 0.101. The molecule has 0 bridgehead atoms. The number of ether oxygens (including phenoxy) is 3. The molecule has 2 rings (SSSR count). The van der Waals surface area contributed by atoms with Crippen LogP contribution in [0.25, 0.3) is 0 Å². The zero-order valence-corrected chi connectivity index (χ0v) is 14.5. The van der Waals surface area contributed by atoms with Crippen LogP contribution < -0.4 is 9.47 Å². The minimum Gasteiger partial charge on any atom is -0.493 e. The Morgan fingerprint density at radius 1 is 1.00 bits per heavy atom. The molecule has 4 nitrogen and oxygen atoms in total. The average molecular weight is 328 g/mol. The topological polar surface area (TPSA) is 44.8 Å². The van der Waals surface area contributed by atoms with Crippen molar-refractivity contribution in [2.75, 3.05) is 27.4 Å². The lowest BCUT2D eigenvalue weighted by Gasteiger charge is -2.12. The van der Waals surface area contributed by atoms with Gasteiger partial charge in [-0.2, -0.15) is 0 Å². The van der Waals surface area contributed by atoms with Crippen LogP contribution in [0.4, 0.5) is 0 Å². The summed E-state index contributed by atoms with van der Waals surface area (Å²) in [6.07, 6.45) is 1.13. The van der Waals surface area contributed by atoms with Gasteiger partial charge in [-0.1, -0.05) is 30.3 Å². The maximum Gasteiger partial charge on any atom is 0.167 e. The number of carbonyl (C=O) groups is 1. The van der Waals surface area contributed by atoms with Crippen LogP contribution >= 0.6 is 0 Å². The van der Waals surface area contributed by atoms with Gasteiger partial charge in [0.25, 0.3) is 0 Å². The standard InChI is InChI=1S/C20H24O4/c1-15-7-4-5-8-17(15)18(21)13-16-9-10-19(23-3)20(14-16)24-12-6-11-22-2/h4-5,7-10,14H,6,11-13H2,1-3H3. The van der Waals surface area contributed by atoms with Gasteiger partial charge in [-0.15, -0.1) is 0 Å². The van der Waals surface area contributed by atoms with Crippen molar-refractivity contribution in [2.45, 2.75) is 19.8 Å². The SMILES string of the molecule is COCCCOc1cc(CC(=O)c2ccccc2C)ccc1OC. The van der Waals surface area contributed by atoms with Gasteiger partial charge in [0.05, 0.1) is 13.7 Å². The van der Waals surface area contributed by atoms with E-state index in [2.05, 4.69) is 0 Å². The molecule has 0 saturated heterocycles. The van der Waals surface area contributed by atoms with Crippen LogP contribution in [0.1, 0.15) is 27.9 Å². The number of carbonyl (C=O) groups excluding carboxylic acids is 1. The van der Waals surface area contributed by atoms with Crippen molar-refractivity contribution in [3.05, 3.63) is 59.2 Å². The largest absolute Gasteiger partial charge is 0.493 e. The Kier molecular flexibility index (Phi) is 6.82. The number of methoxy groups -OCH3 is 2. The van der Waals surface area contributed by atoms with Crippen molar-refractivity contribution >= 4 is 5.78 Å². The second kappa shape index (κ2) is 9.08. The van der Waals surface area contributed by atoms with E-state index in [1.807, 2.05) is 49.4 Å². The Labute approximate surface area is 143 Å². The molecule has 0 spiro atoms. The quantitative estimate of drug-likeness (QED) is 0.518. The van der Waals surface area contributed by atoms with Crippen LogP contribution in [0.2, 0.25) is 0 Å². The highest BCUT2D eigenvalue weighted by Crippen LogP contribution is 2.29. The van der Waals surface area contributed by atoms with E-state index in [1.54, 1.807) is 14.2 Å². The molecule has 0 heterocycles. The van der Waals surface area contributed by atoms with Gasteiger partial charge in [-0.05, 0) is 30.2 Å². The first-order chi connectivity index (χ1) is 11.7. The van der Waals surface area contributed by atoms with Crippen molar-refractivity contribution in [3.63, 3.8) is 0 Å². The van der Waals surface area contributed by atoms with Crippen molar-refractivity contribution in [1.82, 2.24) is 0 Å². The van der Waals surface area contributed by atoms with Gasteiger partial charge in [0.2, 0.25) is 0 Å². The first-order valence-electron chi connectivity index (χ1n) is 8.03. The summed E-state index contributed by atoms with van der Waals surface area (Å²) in [5, 5.41) is 0. The monoisotopic (exact) mass is 328 g/mol. The first kappa shape index (κ1) is 18.0. The fraction of sp³-hybridized carbons (Fsp3) is 0.350. The van der Waals surface area contributed by atoms with Crippen LogP contribution in [-0.4, -0.2) is 33.2 Å². The van der Waals surface area contributed by atoms with Gasteiger partial charge in [0, 0.05) is 32.1 Å². The van der Waals surface area contributed by atoms with E-state index in [-0.39, 0.29) is 5.78 Å². The number of hydrogen-bond donors (Lipinski definition) is 0. The highest BCUT2D eigenvalue weighted by molar-refractivity contribution is 5.98. The molecule has 0 aliphatic rings. The van der Waals surface area contributed by atoms with Gasteiger partial charge in [0.1, 0.15) is 0 Å². The van der Waals surface area contributed by atoms with E-state index < -0.39 is 0 Å². The molecule has 0 aromatic heterocycles. The summed E-state index contributed by atoms with van der Waals surface area (Å²) in [4.78, 5) is 12.5. The molecule has 2 aromatic rings. The Hall–Kier alpha value is -2.33. The van der Waals surface area contributed by atoms with E-state index in [0.717, 1.165) is 23.1 Å². The fourth-order valence-electron chi connectivity index (χ4n) is 2.50. The van der Waals surface area contributed by atoms with E-state index in [1.165, 1.54) is 0 Å². The van der Waals surface area contributed by atoms with Crippen LogP contribution in [-0.2, 0) is 11.2 Å². The summed E-state index contributed by atoms with van der Waals surface area (Å²) in [5.74, 6) is 1.42. The lowest BCUT2D eigenvalue weighted by atomic mass is 9.99. The smallest absolute Gasteiger partial charge is 0.167 e. The third-order valence-electron chi connectivity index (χ3n) is 3.79. The molecule has 2 aromatic carbocycles. The summed E-state index contributed by atoms with van der Waals surface area (Å²) in [6.45, 7) is 3.14. The molecular formula is C20H24O4. The Morgan fingerprint density at radius 2 is 1.79 bits per heavy atom. The molecule has 0 fully saturated rings. The molecule has 0 unspecified atom stereocenters. The van der Waals surface area contributed by atoms with E-state index in [0.29, 0.717) is 31.1 Å². The van der Waals surface area contributed by atoms with E-state index in [9.17, 15) is 4.79 Å². The fourth-order valence-corrected chi connectivity index (χ4v) is 2.50. The van der Waals surface area contributed by atoms with Gasteiger partial charge < -0.3 is 14.2 Å².